The summed E-state index contributed by atoms with van der Waals surface area (Å²) in [6.07, 6.45) is 1.57. The van der Waals surface area contributed by atoms with E-state index in [0.29, 0.717) is 17.2 Å². The third-order valence-electron chi connectivity index (χ3n) is 4.65. The molecule has 0 atom stereocenters. The van der Waals surface area contributed by atoms with Gasteiger partial charge in [0, 0.05) is 0 Å². The van der Waals surface area contributed by atoms with Crippen LogP contribution in [0.1, 0.15) is 21.5 Å². The molecule has 4 rings (SSSR count). The molecule has 0 saturated carbocycles. The molecule has 1 N–H and O–H groups in total. The first-order valence-electron chi connectivity index (χ1n) is 9.48. The molecule has 4 nitrogen and oxygen atoms in total. The van der Waals surface area contributed by atoms with E-state index in [9.17, 15) is 4.79 Å². The average Bonchev–Trinajstić information content (AvgIpc) is 2.79. The topological polar surface area (TPSA) is 50.7 Å². The lowest BCUT2D eigenvalue weighted by molar-refractivity contribution is 0.0955. The molecule has 0 fully saturated rings. The Morgan fingerprint density at radius 2 is 1.63 bits per heavy atom. The number of fused-ring (bicyclic) bond motifs is 1. The van der Waals surface area contributed by atoms with Crippen molar-refractivity contribution in [3.8, 4) is 5.75 Å². The molecule has 0 heterocycles. The summed E-state index contributed by atoms with van der Waals surface area (Å²) < 4.78 is 5.94. The minimum absolute atomic E-state index is 0.355. The van der Waals surface area contributed by atoms with E-state index < -0.39 is 0 Å². The van der Waals surface area contributed by atoms with Crippen molar-refractivity contribution in [2.45, 2.75) is 6.61 Å². The Labute approximate surface area is 179 Å². The van der Waals surface area contributed by atoms with E-state index in [0.717, 1.165) is 16.9 Å². The molecule has 30 heavy (non-hydrogen) atoms. The Hall–Kier alpha value is -3.63. The van der Waals surface area contributed by atoms with E-state index in [-0.39, 0.29) is 5.91 Å². The first kappa shape index (κ1) is 19.7. The predicted octanol–water partition coefficient (Wildman–Crippen LogP) is 5.84. The van der Waals surface area contributed by atoms with E-state index in [1.807, 2.05) is 42.5 Å². The van der Waals surface area contributed by atoms with Crippen LogP contribution in [0.3, 0.4) is 0 Å². The Morgan fingerprint density at radius 1 is 0.900 bits per heavy atom. The van der Waals surface area contributed by atoms with Gasteiger partial charge in [0.2, 0.25) is 0 Å². The Bertz CT molecular complexity index is 1200. The van der Waals surface area contributed by atoms with Crippen LogP contribution in [0.5, 0.6) is 5.75 Å². The van der Waals surface area contributed by atoms with E-state index >= 15 is 0 Å². The Morgan fingerprint density at radius 3 is 2.47 bits per heavy atom. The van der Waals surface area contributed by atoms with Crippen LogP contribution in [0.4, 0.5) is 0 Å². The maximum Gasteiger partial charge on any atom is 0.272 e. The maximum absolute atomic E-state index is 12.1. The standard InChI is InChI=1S/C25H19ClN2O2/c26-24-11-4-3-10-23(24)25(29)28-27-16-18-12-14-21(15-13-18)30-17-20-8-5-7-19-6-1-2-9-22(19)20/h1-16H,17H2,(H,28,29)/b27-16-. The lowest BCUT2D eigenvalue weighted by Crippen LogP contribution is -2.17. The Balaban J connectivity index is 1.35. The molecule has 0 aliphatic carbocycles. The monoisotopic (exact) mass is 414 g/mol. The molecule has 4 aromatic carbocycles. The number of hydrogen-bond acceptors (Lipinski definition) is 3. The second kappa shape index (κ2) is 9.25. The zero-order chi connectivity index (χ0) is 20.8. The highest BCUT2D eigenvalue weighted by Crippen LogP contribution is 2.21. The summed E-state index contributed by atoms with van der Waals surface area (Å²) in [5.74, 6) is 0.409. The number of nitrogens with one attached hydrogen (secondary N) is 1. The molecular formula is C25H19ClN2O2. The van der Waals surface area contributed by atoms with Crippen molar-refractivity contribution in [1.29, 1.82) is 0 Å². The molecular weight excluding hydrogens is 396 g/mol. The first-order chi connectivity index (χ1) is 14.7. The number of carbonyl (C=O) groups excluding carboxylic acids is 1. The predicted molar refractivity (Wildman–Crippen MR) is 121 cm³/mol. The first-order valence-corrected chi connectivity index (χ1v) is 9.86. The van der Waals surface area contributed by atoms with Crippen molar-refractivity contribution in [3.63, 3.8) is 0 Å². The van der Waals surface area contributed by atoms with Gasteiger partial charge in [-0.15, -0.1) is 0 Å². The van der Waals surface area contributed by atoms with Crippen LogP contribution in [0.15, 0.2) is 96.1 Å². The van der Waals surface area contributed by atoms with E-state index in [1.54, 1.807) is 30.5 Å². The maximum atomic E-state index is 12.1. The van der Waals surface area contributed by atoms with Gasteiger partial charge in [0.05, 0.1) is 16.8 Å². The van der Waals surface area contributed by atoms with E-state index in [4.69, 9.17) is 16.3 Å². The lowest BCUT2D eigenvalue weighted by Gasteiger charge is -2.09. The normalized spacial score (nSPS) is 11.0. The highest BCUT2D eigenvalue weighted by atomic mass is 35.5. The summed E-state index contributed by atoms with van der Waals surface area (Å²) in [6, 6.07) is 28.8. The van der Waals surface area contributed by atoms with Crippen LogP contribution in [0.25, 0.3) is 10.8 Å². The van der Waals surface area contributed by atoms with Crippen LogP contribution in [0, 0.1) is 0 Å². The van der Waals surface area contributed by atoms with Crippen molar-refractivity contribution >= 4 is 34.5 Å². The second-order valence-electron chi connectivity index (χ2n) is 6.67. The SMILES string of the molecule is O=C(N/N=C\c1ccc(OCc2cccc3ccccc23)cc1)c1ccccc1Cl. The van der Waals surface area contributed by atoms with Gasteiger partial charge in [-0.2, -0.15) is 5.10 Å². The zero-order valence-corrected chi connectivity index (χ0v) is 16.8. The van der Waals surface area contributed by atoms with Crippen LogP contribution < -0.4 is 10.2 Å². The summed E-state index contributed by atoms with van der Waals surface area (Å²) >= 11 is 6.01. The second-order valence-corrected chi connectivity index (χ2v) is 7.08. The van der Waals surface area contributed by atoms with Gasteiger partial charge in [-0.25, -0.2) is 5.43 Å². The smallest absolute Gasteiger partial charge is 0.272 e. The van der Waals surface area contributed by atoms with Gasteiger partial charge in [0.15, 0.2) is 0 Å². The minimum Gasteiger partial charge on any atom is -0.489 e. The summed E-state index contributed by atoms with van der Waals surface area (Å²) in [6.45, 7) is 0.489. The molecule has 0 radical (unpaired) electrons. The van der Waals surface area contributed by atoms with Gasteiger partial charge in [0.25, 0.3) is 5.91 Å². The number of ether oxygens (including phenoxy) is 1. The highest BCUT2D eigenvalue weighted by Gasteiger charge is 2.07. The number of benzene rings is 4. The van der Waals surface area contributed by atoms with Gasteiger partial charge in [0.1, 0.15) is 12.4 Å². The fraction of sp³-hybridized carbons (Fsp3) is 0.0400. The van der Waals surface area contributed by atoms with Crippen LogP contribution in [-0.2, 0) is 6.61 Å². The van der Waals surface area contributed by atoms with Gasteiger partial charge in [-0.05, 0) is 58.3 Å². The number of rotatable bonds is 6. The van der Waals surface area contributed by atoms with Crippen molar-refractivity contribution in [1.82, 2.24) is 5.43 Å². The molecule has 1 amide bonds. The van der Waals surface area contributed by atoms with Gasteiger partial charge in [-0.3, -0.25) is 4.79 Å². The largest absolute Gasteiger partial charge is 0.489 e. The molecule has 0 aliphatic heterocycles. The highest BCUT2D eigenvalue weighted by molar-refractivity contribution is 6.33. The molecule has 0 saturated heterocycles. The number of amides is 1. The van der Waals surface area contributed by atoms with Gasteiger partial charge >= 0.3 is 0 Å². The van der Waals surface area contributed by atoms with E-state index in [1.165, 1.54) is 10.8 Å². The summed E-state index contributed by atoms with van der Waals surface area (Å²) in [5.41, 5.74) is 4.84. The number of hydrogen-bond donors (Lipinski definition) is 1. The zero-order valence-electron chi connectivity index (χ0n) is 16.1. The fourth-order valence-corrected chi connectivity index (χ4v) is 3.32. The minimum atomic E-state index is -0.355. The summed E-state index contributed by atoms with van der Waals surface area (Å²) in [4.78, 5) is 12.1. The number of halogens is 1. The van der Waals surface area contributed by atoms with Crippen LogP contribution in [0.2, 0.25) is 5.02 Å². The molecule has 148 valence electrons. The Kier molecular flexibility index (Phi) is 6.06. The molecule has 0 spiro atoms. The van der Waals surface area contributed by atoms with Crippen molar-refractivity contribution < 1.29 is 9.53 Å². The summed E-state index contributed by atoms with van der Waals surface area (Å²) in [5, 5.41) is 6.77. The lowest BCUT2D eigenvalue weighted by atomic mass is 10.1. The quantitative estimate of drug-likeness (QED) is 0.318. The molecule has 0 aliphatic rings. The van der Waals surface area contributed by atoms with E-state index in [2.05, 4.69) is 34.8 Å². The molecule has 0 aromatic heterocycles. The van der Waals surface area contributed by atoms with Crippen molar-refractivity contribution in [3.05, 3.63) is 113 Å². The molecule has 0 unspecified atom stereocenters. The molecule has 0 bridgehead atoms. The average molecular weight is 415 g/mol. The van der Waals surface area contributed by atoms with Crippen LogP contribution >= 0.6 is 11.6 Å². The van der Waals surface area contributed by atoms with Crippen molar-refractivity contribution in [2.75, 3.05) is 0 Å². The molecule has 4 aromatic rings. The molecule has 5 heteroatoms. The van der Waals surface area contributed by atoms with Crippen LogP contribution in [-0.4, -0.2) is 12.1 Å². The third kappa shape index (κ3) is 4.67. The fourth-order valence-electron chi connectivity index (χ4n) is 3.10. The number of carbonyl (C=O) groups is 1. The summed E-state index contributed by atoms with van der Waals surface area (Å²) in [7, 11) is 0. The van der Waals surface area contributed by atoms with Gasteiger partial charge < -0.3 is 4.74 Å². The van der Waals surface area contributed by atoms with Crippen molar-refractivity contribution in [2.24, 2.45) is 5.10 Å². The van der Waals surface area contributed by atoms with Gasteiger partial charge in [-0.1, -0.05) is 66.2 Å². The number of nitrogens with zero attached hydrogens (tertiary/aromatic N) is 1. The third-order valence-corrected chi connectivity index (χ3v) is 4.98. The number of hydrazone groups is 1.